The van der Waals surface area contributed by atoms with E-state index in [0.717, 1.165) is 54.7 Å². The highest BCUT2D eigenvalue weighted by molar-refractivity contribution is 7.23. The van der Waals surface area contributed by atoms with Crippen molar-refractivity contribution in [2.75, 3.05) is 53.0 Å². The summed E-state index contributed by atoms with van der Waals surface area (Å²) in [6.07, 6.45) is 4.15. The van der Waals surface area contributed by atoms with Crippen LogP contribution in [0, 0.1) is 5.82 Å². The number of amides is 2. The molecular formula is C36H45F2N5O5S. The van der Waals surface area contributed by atoms with Gasteiger partial charge in [-0.05, 0) is 83.2 Å². The number of methoxy groups -OCH3 is 1. The van der Waals surface area contributed by atoms with Crippen LogP contribution in [0.4, 0.5) is 13.6 Å². The average molecular weight is 698 g/mol. The summed E-state index contributed by atoms with van der Waals surface area (Å²) in [5.74, 6) is -0.236. The highest BCUT2D eigenvalue weighted by atomic mass is 32.1. The number of carbonyl (C=O) groups is 2. The number of aromatic nitrogens is 2. The first kappa shape index (κ1) is 35.0. The Balaban J connectivity index is 1.20. The number of imidazole rings is 1. The number of likely N-dealkylation sites (tertiary alicyclic amines) is 2. The summed E-state index contributed by atoms with van der Waals surface area (Å²) in [5, 5.41) is 3.01. The lowest BCUT2D eigenvalue weighted by Crippen LogP contribution is -2.36. The fourth-order valence-corrected chi connectivity index (χ4v) is 7.54. The number of alkyl halides is 1. The third-order valence-corrected chi connectivity index (χ3v) is 9.99. The van der Waals surface area contributed by atoms with Gasteiger partial charge in [-0.25, -0.2) is 18.6 Å². The molecule has 2 aromatic heterocycles. The van der Waals surface area contributed by atoms with Crippen LogP contribution < -0.4 is 10.1 Å². The van der Waals surface area contributed by atoms with Crippen LogP contribution in [0.2, 0.25) is 0 Å². The van der Waals surface area contributed by atoms with E-state index in [4.69, 9.17) is 19.2 Å². The van der Waals surface area contributed by atoms with E-state index in [1.54, 1.807) is 24.3 Å². The van der Waals surface area contributed by atoms with Gasteiger partial charge >= 0.3 is 6.09 Å². The molecule has 4 aromatic rings. The van der Waals surface area contributed by atoms with Crippen molar-refractivity contribution in [1.29, 1.82) is 0 Å². The van der Waals surface area contributed by atoms with Crippen LogP contribution in [-0.2, 0) is 9.47 Å². The Morgan fingerprint density at radius 1 is 1.08 bits per heavy atom. The van der Waals surface area contributed by atoms with Crippen molar-refractivity contribution in [3.05, 3.63) is 53.5 Å². The monoisotopic (exact) mass is 697 g/mol. The van der Waals surface area contributed by atoms with Gasteiger partial charge < -0.3 is 29.3 Å². The number of nitrogens with zero attached hydrogens (tertiary/aromatic N) is 4. The first-order valence-corrected chi connectivity index (χ1v) is 17.8. The number of fused-ring (bicyclic) bond motifs is 3. The molecule has 6 rings (SSSR count). The minimum Gasteiger partial charge on any atom is -0.490 e. The number of ether oxygens (including phenoxy) is 3. The van der Waals surface area contributed by atoms with Crippen molar-refractivity contribution in [3.8, 4) is 17.0 Å². The molecule has 0 aliphatic carbocycles. The van der Waals surface area contributed by atoms with E-state index in [-0.39, 0.29) is 18.6 Å². The zero-order valence-electron chi connectivity index (χ0n) is 28.6. The van der Waals surface area contributed by atoms with E-state index in [1.807, 2.05) is 43.4 Å². The summed E-state index contributed by atoms with van der Waals surface area (Å²) in [7, 11) is 1.59. The molecule has 2 amide bonds. The van der Waals surface area contributed by atoms with E-state index in [9.17, 15) is 14.0 Å². The molecule has 4 heterocycles. The largest absolute Gasteiger partial charge is 0.490 e. The highest BCUT2D eigenvalue weighted by Gasteiger charge is 2.33. The van der Waals surface area contributed by atoms with Crippen LogP contribution in [0.1, 0.15) is 74.8 Å². The molecule has 0 saturated carbocycles. The van der Waals surface area contributed by atoms with Crippen molar-refractivity contribution in [2.24, 2.45) is 0 Å². The Labute approximate surface area is 289 Å². The zero-order chi connectivity index (χ0) is 34.7. The van der Waals surface area contributed by atoms with E-state index < -0.39 is 23.7 Å². The second kappa shape index (κ2) is 15.0. The molecule has 0 spiro atoms. The van der Waals surface area contributed by atoms with Crippen molar-refractivity contribution >= 4 is 38.5 Å². The Kier molecular flexibility index (Phi) is 10.7. The van der Waals surface area contributed by atoms with Crippen molar-refractivity contribution in [1.82, 2.24) is 24.5 Å². The van der Waals surface area contributed by atoms with Crippen LogP contribution in [0.25, 0.3) is 26.4 Å². The molecule has 1 N–H and O–H groups in total. The molecule has 2 aliphatic heterocycles. The zero-order valence-corrected chi connectivity index (χ0v) is 29.4. The number of rotatable bonds is 11. The smallest absolute Gasteiger partial charge is 0.410 e. The number of hydrogen-bond donors (Lipinski definition) is 1. The SMILES string of the molecule is COCCOc1cc2c(cc1C(=O)NCCCN1CCC(F)CC1)sc1nc(-c3ccc(C4CCCN4C(=O)OC(C)(C)C)cc3F)cn12. The number of nitrogens with one attached hydrogen (secondary N) is 1. The summed E-state index contributed by atoms with van der Waals surface area (Å²) in [4.78, 5) is 35.5. The van der Waals surface area contributed by atoms with Crippen molar-refractivity contribution < 1.29 is 32.6 Å². The molecule has 10 nitrogen and oxygen atoms in total. The van der Waals surface area contributed by atoms with Gasteiger partial charge in [0.1, 0.15) is 29.9 Å². The minimum absolute atomic E-state index is 0.238. The molecule has 2 fully saturated rings. The van der Waals surface area contributed by atoms with Gasteiger partial charge in [-0.2, -0.15) is 0 Å². The van der Waals surface area contributed by atoms with Gasteiger partial charge in [0.15, 0.2) is 4.96 Å². The molecule has 1 atom stereocenters. The summed E-state index contributed by atoms with van der Waals surface area (Å²) in [6.45, 7) is 9.48. The van der Waals surface area contributed by atoms with Gasteiger partial charge in [-0.3, -0.25) is 9.20 Å². The van der Waals surface area contributed by atoms with Crippen LogP contribution in [-0.4, -0.2) is 96.0 Å². The lowest BCUT2D eigenvalue weighted by molar-refractivity contribution is 0.0224. The van der Waals surface area contributed by atoms with E-state index in [2.05, 4.69) is 10.2 Å². The molecule has 0 radical (unpaired) electrons. The van der Waals surface area contributed by atoms with Gasteiger partial charge in [0.25, 0.3) is 5.91 Å². The summed E-state index contributed by atoms with van der Waals surface area (Å²) in [5.41, 5.74) is 2.15. The molecular weight excluding hydrogens is 652 g/mol. The number of hydrogen-bond acceptors (Lipinski definition) is 8. The van der Waals surface area contributed by atoms with Gasteiger partial charge in [0.05, 0.1) is 34.1 Å². The maximum absolute atomic E-state index is 15.7. The summed E-state index contributed by atoms with van der Waals surface area (Å²) in [6, 6.07) is 8.44. The lowest BCUT2D eigenvalue weighted by Gasteiger charge is -2.29. The molecule has 13 heteroatoms. The van der Waals surface area contributed by atoms with Crippen molar-refractivity contribution in [2.45, 2.75) is 70.7 Å². The lowest BCUT2D eigenvalue weighted by atomic mass is 10.0. The number of piperidine rings is 1. The first-order valence-electron chi connectivity index (χ1n) is 17.0. The Hall–Kier alpha value is -3.81. The standard InChI is InChI=1S/C36H45F2N5O5S/c1-36(2,3)48-35(45)42-14-5-7-29(42)23-8-9-25(27(38)19-23)28-22-43-30-21-31(47-18-17-46-4)26(20-32(30)49-34(43)40-28)33(44)39-12-6-13-41-15-10-24(37)11-16-41/h8-9,19-22,24,29H,5-7,10-18H2,1-4H3,(H,39,44). The fourth-order valence-electron chi connectivity index (χ4n) is 6.51. The van der Waals surface area contributed by atoms with Crippen LogP contribution in [0.3, 0.4) is 0 Å². The molecule has 264 valence electrons. The van der Waals surface area contributed by atoms with Crippen molar-refractivity contribution in [3.63, 3.8) is 0 Å². The van der Waals surface area contributed by atoms with Crippen LogP contribution in [0.15, 0.2) is 36.5 Å². The van der Waals surface area contributed by atoms with E-state index >= 15 is 4.39 Å². The second-order valence-electron chi connectivity index (χ2n) is 13.7. The van der Waals surface area contributed by atoms with Gasteiger partial charge in [0.2, 0.25) is 0 Å². The third kappa shape index (κ3) is 8.16. The minimum atomic E-state index is -0.705. The fraction of sp³-hybridized carbons (Fsp3) is 0.528. The second-order valence-corrected chi connectivity index (χ2v) is 14.7. The molecule has 2 aromatic carbocycles. The normalized spacial score (nSPS) is 17.7. The van der Waals surface area contributed by atoms with Crippen LogP contribution >= 0.6 is 11.3 Å². The van der Waals surface area contributed by atoms with Gasteiger partial charge in [-0.1, -0.05) is 17.4 Å². The Morgan fingerprint density at radius 2 is 1.88 bits per heavy atom. The molecule has 2 aliphatic rings. The Morgan fingerprint density at radius 3 is 2.61 bits per heavy atom. The Bertz CT molecular complexity index is 1800. The van der Waals surface area contributed by atoms with Crippen LogP contribution in [0.5, 0.6) is 5.75 Å². The summed E-state index contributed by atoms with van der Waals surface area (Å²) < 4.78 is 48.6. The quantitative estimate of drug-likeness (QED) is 0.169. The van der Waals surface area contributed by atoms with E-state index in [0.29, 0.717) is 60.1 Å². The number of thiazole rings is 1. The summed E-state index contributed by atoms with van der Waals surface area (Å²) >= 11 is 1.40. The number of benzene rings is 2. The number of carbonyl (C=O) groups excluding carboxylic acids is 2. The topological polar surface area (TPSA) is 97.6 Å². The highest BCUT2D eigenvalue weighted by Crippen LogP contribution is 2.37. The molecule has 1 unspecified atom stereocenters. The number of halogens is 2. The maximum atomic E-state index is 15.7. The average Bonchev–Trinajstić information content (AvgIpc) is 3.78. The molecule has 49 heavy (non-hydrogen) atoms. The van der Waals surface area contributed by atoms with Gasteiger partial charge in [0, 0.05) is 51.1 Å². The molecule has 2 saturated heterocycles. The molecule has 0 bridgehead atoms. The predicted molar refractivity (Wildman–Crippen MR) is 186 cm³/mol. The first-order chi connectivity index (χ1) is 23.5. The third-order valence-electron chi connectivity index (χ3n) is 8.97. The maximum Gasteiger partial charge on any atom is 0.410 e. The predicted octanol–water partition coefficient (Wildman–Crippen LogP) is 7.01. The van der Waals surface area contributed by atoms with E-state index in [1.165, 1.54) is 17.4 Å². The van der Waals surface area contributed by atoms with Gasteiger partial charge in [-0.15, -0.1) is 0 Å².